The Balaban J connectivity index is 2.77. The Morgan fingerprint density at radius 3 is 2.85 bits per heavy atom. The number of aromatic nitrogens is 1. The quantitative estimate of drug-likeness (QED) is 0.901. The van der Waals surface area contributed by atoms with E-state index in [4.69, 9.17) is 5.11 Å². The minimum Gasteiger partial charge on any atom is -0.394 e. The fraction of sp³-hybridized carbons (Fsp3) is 0.375. The van der Waals surface area contributed by atoms with Gasteiger partial charge in [0.25, 0.3) is 0 Å². The van der Waals surface area contributed by atoms with Gasteiger partial charge in [0.05, 0.1) is 11.1 Å². The van der Waals surface area contributed by atoms with E-state index in [1.807, 2.05) is 13.0 Å². The van der Waals surface area contributed by atoms with E-state index in [0.29, 0.717) is 0 Å². The van der Waals surface area contributed by atoms with Gasteiger partial charge in [-0.2, -0.15) is 0 Å². The summed E-state index contributed by atoms with van der Waals surface area (Å²) in [5.41, 5.74) is 0. The highest BCUT2D eigenvalue weighted by atomic mass is 79.9. The fourth-order valence-corrected chi connectivity index (χ4v) is 1.90. The summed E-state index contributed by atoms with van der Waals surface area (Å²) in [7, 11) is 0. The highest BCUT2D eigenvalue weighted by Crippen LogP contribution is 2.23. The molecule has 0 aliphatic heterocycles. The molecule has 0 spiro atoms. The van der Waals surface area contributed by atoms with Gasteiger partial charge in [-0.1, -0.05) is 0 Å². The molecule has 1 atom stereocenters. The minimum absolute atomic E-state index is 0.00461. The third kappa shape index (κ3) is 3.25. The highest BCUT2D eigenvalue weighted by molar-refractivity contribution is 9.11. The first-order valence-corrected chi connectivity index (χ1v) is 5.40. The second-order valence-electron chi connectivity index (χ2n) is 2.71. The molecule has 0 aliphatic rings. The molecule has 3 nitrogen and oxygen atoms in total. The molecule has 72 valence electrons. The molecule has 0 fully saturated rings. The molecule has 0 aromatic carbocycles. The van der Waals surface area contributed by atoms with E-state index in [9.17, 15) is 0 Å². The Kier molecular flexibility index (Phi) is 4.15. The summed E-state index contributed by atoms with van der Waals surface area (Å²) in [4.78, 5) is 4.15. The zero-order valence-electron chi connectivity index (χ0n) is 7.09. The van der Waals surface area contributed by atoms with Crippen LogP contribution in [0.2, 0.25) is 0 Å². The number of pyridine rings is 1. The minimum atomic E-state index is 0.00461. The molecule has 0 bridgehead atoms. The predicted molar refractivity (Wildman–Crippen MR) is 59.8 cm³/mol. The first-order chi connectivity index (χ1) is 6.13. The standard InChI is InChI=1S/C8H10Br2N2O/c1-5(4-13)12-8-7(10)2-6(9)3-11-8/h2-3,5,13H,4H2,1H3,(H,11,12). The van der Waals surface area contributed by atoms with E-state index in [0.717, 1.165) is 14.8 Å². The molecule has 1 rings (SSSR count). The van der Waals surface area contributed by atoms with Crippen molar-refractivity contribution in [2.75, 3.05) is 11.9 Å². The van der Waals surface area contributed by atoms with Gasteiger partial charge in [-0.25, -0.2) is 4.98 Å². The summed E-state index contributed by atoms with van der Waals surface area (Å²) in [6.07, 6.45) is 1.71. The molecule has 0 radical (unpaired) electrons. The zero-order chi connectivity index (χ0) is 9.84. The smallest absolute Gasteiger partial charge is 0.140 e. The number of hydrogen-bond donors (Lipinski definition) is 2. The van der Waals surface area contributed by atoms with Gasteiger partial charge in [0.15, 0.2) is 0 Å². The molecule has 0 saturated carbocycles. The number of halogens is 2. The molecular formula is C8H10Br2N2O. The Bertz CT molecular complexity index is 293. The van der Waals surface area contributed by atoms with Gasteiger partial charge in [0, 0.05) is 16.7 Å². The van der Waals surface area contributed by atoms with Gasteiger partial charge in [-0.05, 0) is 44.8 Å². The van der Waals surface area contributed by atoms with Crippen molar-refractivity contribution in [1.29, 1.82) is 0 Å². The number of anilines is 1. The van der Waals surface area contributed by atoms with Gasteiger partial charge in [-0.3, -0.25) is 0 Å². The van der Waals surface area contributed by atoms with Crippen molar-refractivity contribution in [2.45, 2.75) is 13.0 Å². The maximum absolute atomic E-state index is 8.83. The number of aliphatic hydroxyl groups excluding tert-OH is 1. The fourth-order valence-electron chi connectivity index (χ4n) is 0.800. The third-order valence-electron chi connectivity index (χ3n) is 1.46. The van der Waals surface area contributed by atoms with Crippen molar-refractivity contribution >= 4 is 37.7 Å². The topological polar surface area (TPSA) is 45.1 Å². The van der Waals surface area contributed by atoms with Crippen LogP contribution in [0.15, 0.2) is 21.2 Å². The maximum atomic E-state index is 8.83. The largest absolute Gasteiger partial charge is 0.394 e. The lowest BCUT2D eigenvalue weighted by atomic mass is 10.3. The molecule has 1 aromatic rings. The molecule has 0 aliphatic carbocycles. The molecule has 0 amide bonds. The van der Waals surface area contributed by atoms with Crippen LogP contribution in [0.3, 0.4) is 0 Å². The van der Waals surface area contributed by atoms with Crippen molar-refractivity contribution in [3.63, 3.8) is 0 Å². The normalized spacial score (nSPS) is 12.6. The Morgan fingerprint density at radius 2 is 2.31 bits per heavy atom. The summed E-state index contributed by atoms with van der Waals surface area (Å²) >= 11 is 6.68. The molecule has 1 heterocycles. The summed E-state index contributed by atoms with van der Waals surface area (Å²) in [5.74, 6) is 0.741. The van der Waals surface area contributed by atoms with Gasteiger partial charge < -0.3 is 10.4 Å². The van der Waals surface area contributed by atoms with Crippen LogP contribution in [-0.2, 0) is 0 Å². The van der Waals surface area contributed by atoms with Crippen molar-refractivity contribution in [2.24, 2.45) is 0 Å². The molecule has 5 heteroatoms. The Morgan fingerprint density at radius 1 is 1.62 bits per heavy atom. The van der Waals surface area contributed by atoms with Crippen LogP contribution in [-0.4, -0.2) is 22.7 Å². The first kappa shape index (κ1) is 10.9. The highest BCUT2D eigenvalue weighted by Gasteiger charge is 2.05. The van der Waals surface area contributed by atoms with Crippen LogP contribution in [0.5, 0.6) is 0 Å². The van der Waals surface area contributed by atoms with Gasteiger partial charge in [0.2, 0.25) is 0 Å². The van der Waals surface area contributed by atoms with E-state index < -0.39 is 0 Å². The average Bonchev–Trinajstić information content (AvgIpc) is 2.09. The van der Waals surface area contributed by atoms with Gasteiger partial charge >= 0.3 is 0 Å². The van der Waals surface area contributed by atoms with Crippen molar-refractivity contribution in [1.82, 2.24) is 4.98 Å². The maximum Gasteiger partial charge on any atom is 0.140 e. The van der Waals surface area contributed by atoms with E-state index in [-0.39, 0.29) is 12.6 Å². The van der Waals surface area contributed by atoms with Crippen LogP contribution >= 0.6 is 31.9 Å². The summed E-state index contributed by atoms with van der Waals surface area (Å²) in [6, 6.07) is 1.91. The zero-order valence-corrected chi connectivity index (χ0v) is 10.3. The van der Waals surface area contributed by atoms with Crippen LogP contribution < -0.4 is 5.32 Å². The van der Waals surface area contributed by atoms with E-state index >= 15 is 0 Å². The SMILES string of the molecule is CC(CO)Nc1ncc(Br)cc1Br. The second kappa shape index (κ2) is 4.93. The average molecular weight is 310 g/mol. The molecular weight excluding hydrogens is 300 g/mol. The predicted octanol–water partition coefficient (Wildman–Crippen LogP) is 2.40. The number of hydrogen-bond acceptors (Lipinski definition) is 3. The van der Waals surface area contributed by atoms with Crippen molar-refractivity contribution in [3.8, 4) is 0 Å². The van der Waals surface area contributed by atoms with E-state index in [1.54, 1.807) is 6.20 Å². The first-order valence-electron chi connectivity index (χ1n) is 3.82. The summed E-state index contributed by atoms with van der Waals surface area (Å²) in [6.45, 7) is 1.97. The lowest BCUT2D eigenvalue weighted by Crippen LogP contribution is -2.20. The number of nitrogens with zero attached hydrogens (tertiary/aromatic N) is 1. The number of aliphatic hydroxyl groups is 1. The van der Waals surface area contributed by atoms with Gasteiger partial charge in [0.1, 0.15) is 5.82 Å². The van der Waals surface area contributed by atoms with Crippen LogP contribution in [0.4, 0.5) is 5.82 Å². The monoisotopic (exact) mass is 308 g/mol. The molecule has 1 aromatic heterocycles. The molecule has 1 unspecified atom stereocenters. The van der Waals surface area contributed by atoms with Gasteiger partial charge in [-0.15, -0.1) is 0 Å². The summed E-state index contributed by atoms with van der Waals surface area (Å²) in [5, 5.41) is 11.9. The van der Waals surface area contributed by atoms with Crippen LogP contribution in [0.1, 0.15) is 6.92 Å². The molecule has 0 saturated heterocycles. The Hall–Kier alpha value is -0.130. The lowest BCUT2D eigenvalue weighted by Gasteiger charge is -2.12. The van der Waals surface area contributed by atoms with E-state index in [1.165, 1.54) is 0 Å². The second-order valence-corrected chi connectivity index (χ2v) is 4.48. The Labute approximate surface area is 93.8 Å². The van der Waals surface area contributed by atoms with Crippen molar-refractivity contribution in [3.05, 3.63) is 21.2 Å². The van der Waals surface area contributed by atoms with E-state index in [2.05, 4.69) is 42.2 Å². The lowest BCUT2D eigenvalue weighted by molar-refractivity contribution is 0.281. The van der Waals surface area contributed by atoms with Crippen LogP contribution in [0, 0.1) is 0 Å². The van der Waals surface area contributed by atoms with Crippen LogP contribution in [0.25, 0.3) is 0 Å². The molecule has 2 N–H and O–H groups in total. The molecule has 13 heavy (non-hydrogen) atoms. The van der Waals surface area contributed by atoms with Crippen molar-refractivity contribution < 1.29 is 5.11 Å². The number of nitrogens with one attached hydrogen (secondary N) is 1. The number of rotatable bonds is 3. The summed E-state index contributed by atoms with van der Waals surface area (Å²) < 4.78 is 1.80. The third-order valence-corrected chi connectivity index (χ3v) is 2.50.